The Morgan fingerprint density at radius 3 is 2.84 bits per heavy atom. The average Bonchev–Trinajstić information content (AvgIpc) is 2.76. The molecule has 0 fully saturated rings. The Morgan fingerprint density at radius 2 is 2.11 bits per heavy atom. The molecule has 0 aliphatic carbocycles. The van der Waals surface area contributed by atoms with Crippen molar-refractivity contribution in [1.82, 2.24) is 19.6 Å². The van der Waals surface area contributed by atoms with E-state index >= 15 is 0 Å². The van der Waals surface area contributed by atoms with Crippen LogP contribution < -0.4 is 11.3 Å². The maximum absolute atomic E-state index is 11.8. The zero-order chi connectivity index (χ0) is 13.6. The molecule has 3 rings (SSSR count). The highest BCUT2D eigenvalue weighted by Crippen LogP contribution is 2.25. The number of nitrogen functional groups attached to an aromatic ring is 1. The van der Waals surface area contributed by atoms with Gasteiger partial charge in [0.05, 0.1) is 0 Å². The van der Waals surface area contributed by atoms with Crippen LogP contribution in [-0.2, 0) is 0 Å². The minimum Gasteiger partial charge on any atom is -0.398 e. The van der Waals surface area contributed by atoms with E-state index in [-0.39, 0.29) is 5.56 Å². The molecule has 0 unspecified atom stereocenters. The predicted molar refractivity (Wildman–Crippen MR) is 75.9 cm³/mol. The normalized spacial score (nSPS) is 11.1. The van der Waals surface area contributed by atoms with E-state index in [2.05, 4.69) is 31.0 Å². The third-order valence-corrected chi connectivity index (χ3v) is 3.42. The standard InChI is InChI=1S/C12H10BrN5O/c1-6-4-10(19)18-12(15-6)16-11(17-18)7-2-3-9(14)8(13)5-7/h2-5H,14H2,1H3,(H,15,16,17). The van der Waals surface area contributed by atoms with Gasteiger partial charge in [-0.15, -0.1) is 0 Å². The number of hydrogen-bond acceptors (Lipinski definition) is 4. The maximum Gasteiger partial charge on any atom is 0.274 e. The van der Waals surface area contributed by atoms with Gasteiger partial charge in [-0.05, 0) is 41.1 Å². The summed E-state index contributed by atoms with van der Waals surface area (Å²) in [5, 5.41) is 2.92. The molecule has 6 nitrogen and oxygen atoms in total. The molecular weight excluding hydrogens is 310 g/mol. The summed E-state index contributed by atoms with van der Waals surface area (Å²) >= 11 is 3.36. The van der Waals surface area contributed by atoms with Crippen molar-refractivity contribution in [3.8, 4) is 11.4 Å². The summed E-state index contributed by atoms with van der Waals surface area (Å²) in [5.41, 5.74) is 7.66. The molecule has 0 atom stereocenters. The van der Waals surface area contributed by atoms with E-state index in [9.17, 15) is 4.79 Å². The van der Waals surface area contributed by atoms with Crippen LogP contribution >= 0.6 is 15.9 Å². The Balaban J connectivity index is 2.23. The number of fused-ring (bicyclic) bond motifs is 1. The number of hydrogen-bond donors (Lipinski definition) is 2. The van der Waals surface area contributed by atoms with Gasteiger partial charge in [-0.2, -0.15) is 9.50 Å². The molecule has 0 amide bonds. The number of rotatable bonds is 1. The third-order valence-electron chi connectivity index (χ3n) is 2.73. The highest BCUT2D eigenvalue weighted by molar-refractivity contribution is 9.10. The van der Waals surface area contributed by atoms with Crippen LogP contribution in [0.5, 0.6) is 0 Å². The minimum absolute atomic E-state index is 0.184. The second kappa shape index (κ2) is 4.20. The molecule has 0 saturated carbocycles. The van der Waals surface area contributed by atoms with Gasteiger partial charge >= 0.3 is 0 Å². The number of anilines is 1. The molecule has 96 valence electrons. The monoisotopic (exact) mass is 319 g/mol. The van der Waals surface area contributed by atoms with Crippen molar-refractivity contribution in [3.63, 3.8) is 0 Å². The number of aromatic amines is 1. The molecule has 2 aromatic heterocycles. The number of nitrogens with two attached hydrogens (primary N) is 1. The van der Waals surface area contributed by atoms with Crippen LogP contribution in [0.15, 0.2) is 33.5 Å². The molecule has 0 bridgehead atoms. The molecular formula is C12H10BrN5O. The first-order valence-corrected chi connectivity index (χ1v) is 6.36. The van der Waals surface area contributed by atoms with Crippen LogP contribution in [0.4, 0.5) is 5.69 Å². The zero-order valence-electron chi connectivity index (χ0n) is 10.0. The Bertz CT molecular complexity index is 836. The minimum atomic E-state index is -0.184. The molecule has 2 heterocycles. The summed E-state index contributed by atoms with van der Waals surface area (Å²) in [6.07, 6.45) is 0. The lowest BCUT2D eigenvalue weighted by Gasteiger charge is -2.00. The van der Waals surface area contributed by atoms with Crippen LogP contribution in [-0.4, -0.2) is 19.6 Å². The topological polar surface area (TPSA) is 89.1 Å². The fourth-order valence-electron chi connectivity index (χ4n) is 1.80. The van der Waals surface area contributed by atoms with Gasteiger partial charge < -0.3 is 5.73 Å². The molecule has 1 aromatic carbocycles. The van der Waals surface area contributed by atoms with E-state index in [1.807, 2.05) is 12.1 Å². The molecule has 7 heteroatoms. The van der Waals surface area contributed by atoms with E-state index in [4.69, 9.17) is 5.73 Å². The van der Waals surface area contributed by atoms with E-state index < -0.39 is 0 Å². The van der Waals surface area contributed by atoms with Crippen molar-refractivity contribution in [1.29, 1.82) is 0 Å². The molecule has 3 N–H and O–H groups in total. The quantitative estimate of drug-likeness (QED) is 0.668. The van der Waals surface area contributed by atoms with Gasteiger partial charge in [0.1, 0.15) is 0 Å². The first kappa shape index (κ1) is 11.9. The molecule has 19 heavy (non-hydrogen) atoms. The summed E-state index contributed by atoms with van der Waals surface area (Å²) in [7, 11) is 0. The summed E-state index contributed by atoms with van der Waals surface area (Å²) in [4.78, 5) is 20.3. The molecule has 0 aliphatic rings. The lowest BCUT2D eigenvalue weighted by Crippen LogP contribution is -2.14. The highest BCUT2D eigenvalue weighted by Gasteiger charge is 2.09. The third kappa shape index (κ3) is 2.01. The summed E-state index contributed by atoms with van der Waals surface area (Å²) in [6.45, 7) is 1.76. The van der Waals surface area contributed by atoms with Gasteiger partial charge in [-0.3, -0.25) is 9.89 Å². The van der Waals surface area contributed by atoms with E-state index in [1.165, 1.54) is 10.6 Å². The summed E-state index contributed by atoms with van der Waals surface area (Å²) in [5.74, 6) is 0.920. The second-order valence-corrected chi connectivity index (χ2v) is 5.03. The number of nitrogens with zero attached hydrogens (tertiary/aromatic N) is 3. The SMILES string of the molecule is Cc1cc(=O)n2[nH]c(-c3ccc(N)c(Br)c3)nc2n1. The number of H-pyrrole nitrogens is 1. The van der Waals surface area contributed by atoms with Crippen LogP contribution in [0, 0.1) is 6.92 Å². The summed E-state index contributed by atoms with van der Waals surface area (Å²) in [6, 6.07) is 6.89. The van der Waals surface area contributed by atoms with Gasteiger partial charge in [-0.25, -0.2) is 4.98 Å². The number of benzene rings is 1. The van der Waals surface area contributed by atoms with E-state index in [0.29, 0.717) is 23.0 Å². The maximum atomic E-state index is 11.8. The van der Waals surface area contributed by atoms with Crippen LogP contribution in [0.3, 0.4) is 0 Å². The lowest BCUT2D eigenvalue weighted by atomic mass is 10.2. The molecule has 0 spiro atoms. The Hall–Kier alpha value is -2.15. The van der Waals surface area contributed by atoms with Crippen molar-refractivity contribution in [2.24, 2.45) is 0 Å². The van der Waals surface area contributed by atoms with Gasteiger partial charge in [0, 0.05) is 27.5 Å². The molecule has 3 aromatic rings. The van der Waals surface area contributed by atoms with Gasteiger partial charge in [0.15, 0.2) is 5.82 Å². The van der Waals surface area contributed by atoms with Crippen molar-refractivity contribution < 1.29 is 0 Å². The average molecular weight is 320 g/mol. The van der Waals surface area contributed by atoms with Crippen molar-refractivity contribution in [2.45, 2.75) is 6.92 Å². The van der Waals surface area contributed by atoms with Gasteiger partial charge in [-0.1, -0.05) is 0 Å². The highest BCUT2D eigenvalue weighted by atomic mass is 79.9. The Kier molecular flexibility index (Phi) is 2.63. The van der Waals surface area contributed by atoms with Crippen LogP contribution in [0.2, 0.25) is 0 Å². The van der Waals surface area contributed by atoms with Gasteiger partial charge in [0.2, 0.25) is 0 Å². The van der Waals surface area contributed by atoms with Crippen molar-refractivity contribution in [2.75, 3.05) is 5.73 Å². The molecule has 0 aliphatic heterocycles. The second-order valence-electron chi connectivity index (χ2n) is 4.18. The molecule has 0 saturated heterocycles. The van der Waals surface area contributed by atoms with Crippen molar-refractivity contribution >= 4 is 27.4 Å². The summed E-state index contributed by atoms with van der Waals surface area (Å²) < 4.78 is 2.09. The van der Waals surface area contributed by atoms with Crippen LogP contribution in [0.25, 0.3) is 17.2 Å². The van der Waals surface area contributed by atoms with Crippen molar-refractivity contribution in [3.05, 3.63) is 44.8 Å². The Morgan fingerprint density at radius 1 is 1.32 bits per heavy atom. The largest absolute Gasteiger partial charge is 0.398 e. The van der Waals surface area contributed by atoms with Gasteiger partial charge in [0.25, 0.3) is 11.3 Å². The fourth-order valence-corrected chi connectivity index (χ4v) is 2.18. The van der Waals surface area contributed by atoms with E-state index in [0.717, 1.165) is 10.0 Å². The zero-order valence-corrected chi connectivity index (χ0v) is 11.6. The first-order valence-electron chi connectivity index (χ1n) is 5.56. The number of halogens is 1. The fraction of sp³-hybridized carbons (Fsp3) is 0.0833. The number of nitrogens with one attached hydrogen (secondary N) is 1. The van der Waals surface area contributed by atoms with E-state index in [1.54, 1.807) is 13.0 Å². The Labute approximate surface area is 116 Å². The number of aromatic nitrogens is 4. The smallest absolute Gasteiger partial charge is 0.274 e. The lowest BCUT2D eigenvalue weighted by molar-refractivity contribution is 0.892. The number of aryl methyl sites for hydroxylation is 1. The predicted octanol–water partition coefficient (Wildman–Crippen LogP) is 1.74. The van der Waals surface area contributed by atoms with Crippen LogP contribution in [0.1, 0.15) is 5.69 Å². The first-order chi connectivity index (χ1) is 9.04. The molecule has 0 radical (unpaired) electrons.